The van der Waals surface area contributed by atoms with E-state index in [4.69, 9.17) is 4.98 Å². The molecule has 0 aliphatic heterocycles. The number of hydrogen-bond acceptors (Lipinski definition) is 4. The van der Waals surface area contributed by atoms with Crippen molar-refractivity contribution in [2.75, 3.05) is 5.32 Å². The van der Waals surface area contributed by atoms with E-state index in [1.54, 1.807) is 18.3 Å². The Bertz CT molecular complexity index is 737. The molecule has 1 aliphatic rings. The van der Waals surface area contributed by atoms with Gasteiger partial charge in [0.2, 0.25) is 5.91 Å². The second kappa shape index (κ2) is 8.79. The van der Waals surface area contributed by atoms with Crippen LogP contribution in [0.1, 0.15) is 57.6 Å². The zero-order valence-electron chi connectivity index (χ0n) is 15.4. The summed E-state index contributed by atoms with van der Waals surface area (Å²) in [6, 6.07) is 6.90. The molecular formula is C21H27N3O2. The van der Waals surface area contributed by atoms with Gasteiger partial charge in [0.1, 0.15) is 5.75 Å². The van der Waals surface area contributed by atoms with Crippen molar-refractivity contribution in [3.8, 4) is 17.0 Å². The van der Waals surface area contributed by atoms with E-state index in [1.807, 2.05) is 12.1 Å². The number of carbonyl (C=O) groups is 1. The number of nitrogens with zero attached hydrogens (tertiary/aromatic N) is 2. The van der Waals surface area contributed by atoms with E-state index in [9.17, 15) is 9.90 Å². The molecule has 0 saturated heterocycles. The number of carbonyl (C=O) groups excluding carboxylic acids is 1. The van der Waals surface area contributed by atoms with Crippen molar-refractivity contribution in [3.63, 3.8) is 0 Å². The number of amides is 1. The highest BCUT2D eigenvalue weighted by molar-refractivity contribution is 5.90. The molecule has 1 aliphatic carbocycles. The average Bonchev–Trinajstić information content (AvgIpc) is 2.65. The van der Waals surface area contributed by atoms with Crippen molar-refractivity contribution in [2.45, 2.75) is 58.3 Å². The minimum absolute atomic E-state index is 0.0425. The molecular weight excluding hydrogens is 326 g/mol. The predicted octanol–water partition coefficient (Wildman–Crippen LogP) is 4.71. The highest BCUT2D eigenvalue weighted by Crippen LogP contribution is 2.27. The van der Waals surface area contributed by atoms with Gasteiger partial charge >= 0.3 is 0 Å². The van der Waals surface area contributed by atoms with Crippen LogP contribution < -0.4 is 5.32 Å². The Morgan fingerprint density at radius 3 is 2.62 bits per heavy atom. The molecule has 0 unspecified atom stereocenters. The van der Waals surface area contributed by atoms with Crippen molar-refractivity contribution < 1.29 is 9.90 Å². The second-order valence-electron chi connectivity index (χ2n) is 7.10. The summed E-state index contributed by atoms with van der Waals surface area (Å²) < 4.78 is 0. The molecule has 0 radical (unpaired) electrons. The largest absolute Gasteiger partial charge is 0.508 e. The first-order chi connectivity index (χ1) is 12.7. The number of benzene rings is 1. The van der Waals surface area contributed by atoms with Gasteiger partial charge in [0.25, 0.3) is 0 Å². The SMILES string of the molecule is CCCc1nc(-c2ccc(O)cc2)cnc1NC(=O)CC1CCCCC1. The Kier molecular flexibility index (Phi) is 6.21. The summed E-state index contributed by atoms with van der Waals surface area (Å²) in [5.74, 6) is 1.35. The zero-order chi connectivity index (χ0) is 18.4. The highest BCUT2D eigenvalue weighted by Gasteiger charge is 2.18. The Balaban J connectivity index is 1.73. The Hall–Kier alpha value is -2.43. The van der Waals surface area contributed by atoms with E-state index in [1.165, 1.54) is 19.3 Å². The second-order valence-corrected chi connectivity index (χ2v) is 7.10. The fraction of sp³-hybridized carbons (Fsp3) is 0.476. The van der Waals surface area contributed by atoms with Crippen LogP contribution in [0.2, 0.25) is 0 Å². The lowest BCUT2D eigenvalue weighted by molar-refractivity contribution is -0.117. The quantitative estimate of drug-likeness (QED) is 0.788. The van der Waals surface area contributed by atoms with Gasteiger partial charge in [-0.3, -0.25) is 4.79 Å². The summed E-state index contributed by atoms with van der Waals surface area (Å²) in [5.41, 5.74) is 2.46. The lowest BCUT2D eigenvalue weighted by atomic mass is 9.87. The van der Waals surface area contributed by atoms with Crippen LogP contribution in [-0.4, -0.2) is 21.0 Å². The third kappa shape index (κ3) is 4.81. The number of phenolic OH excluding ortho intramolecular Hbond substituents is 1. The summed E-state index contributed by atoms with van der Waals surface area (Å²) in [7, 11) is 0. The van der Waals surface area contributed by atoms with Crippen molar-refractivity contribution in [3.05, 3.63) is 36.2 Å². The highest BCUT2D eigenvalue weighted by atomic mass is 16.3. The molecule has 1 fully saturated rings. The number of anilines is 1. The van der Waals surface area contributed by atoms with E-state index in [2.05, 4.69) is 17.2 Å². The molecule has 1 aromatic heterocycles. The molecule has 0 spiro atoms. The third-order valence-electron chi connectivity index (χ3n) is 4.95. The molecule has 1 saturated carbocycles. The molecule has 2 aromatic rings. The predicted molar refractivity (Wildman–Crippen MR) is 103 cm³/mol. The van der Waals surface area contributed by atoms with Crippen molar-refractivity contribution in [1.82, 2.24) is 9.97 Å². The minimum atomic E-state index is 0.0425. The molecule has 138 valence electrons. The monoisotopic (exact) mass is 353 g/mol. The summed E-state index contributed by atoms with van der Waals surface area (Å²) in [4.78, 5) is 21.6. The maximum absolute atomic E-state index is 12.4. The van der Waals surface area contributed by atoms with Crippen LogP contribution in [0.5, 0.6) is 5.75 Å². The molecule has 26 heavy (non-hydrogen) atoms. The molecule has 3 rings (SSSR count). The molecule has 1 heterocycles. The first-order valence-corrected chi connectivity index (χ1v) is 9.61. The molecule has 0 atom stereocenters. The van der Waals surface area contributed by atoms with Crippen LogP contribution in [0.4, 0.5) is 5.82 Å². The summed E-state index contributed by atoms with van der Waals surface area (Å²) >= 11 is 0. The van der Waals surface area contributed by atoms with Crippen LogP contribution in [-0.2, 0) is 11.2 Å². The Labute approximate surface area is 154 Å². The van der Waals surface area contributed by atoms with Crippen LogP contribution in [0.15, 0.2) is 30.5 Å². The van der Waals surface area contributed by atoms with E-state index in [-0.39, 0.29) is 11.7 Å². The standard InChI is InChI=1S/C21H27N3O2/c1-2-6-18-21(24-20(26)13-15-7-4-3-5-8-15)22-14-19(23-18)16-9-11-17(25)12-10-16/h9-12,14-15,25H,2-8,13H2,1H3,(H,22,24,26). The number of nitrogens with one attached hydrogen (secondary N) is 1. The number of aryl methyl sites for hydroxylation is 1. The van der Waals surface area contributed by atoms with Crippen LogP contribution in [0, 0.1) is 5.92 Å². The van der Waals surface area contributed by atoms with Crippen molar-refractivity contribution in [1.29, 1.82) is 0 Å². The topological polar surface area (TPSA) is 75.1 Å². The maximum Gasteiger partial charge on any atom is 0.225 e. The van der Waals surface area contributed by atoms with Gasteiger partial charge in [0.05, 0.1) is 17.6 Å². The minimum Gasteiger partial charge on any atom is -0.508 e. The van der Waals surface area contributed by atoms with Gasteiger partial charge in [-0.15, -0.1) is 0 Å². The van der Waals surface area contributed by atoms with Crippen LogP contribution >= 0.6 is 0 Å². The van der Waals surface area contributed by atoms with Crippen LogP contribution in [0.3, 0.4) is 0 Å². The first kappa shape index (κ1) is 18.4. The molecule has 2 N–H and O–H groups in total. The first-order valence-electron chi connectivity index (χ1n) is 9.61. The summed E-state index contributed by atoms with van der Waals surface area (Å²) in [5, 5.41) is 12.4. The van der Waals surface area contributed by atoms with Gasteiger partial charge < -0.3 is 10.4 Å². The van der Waals surface area contributed by atoms with Gasteiger partial charge in [0.15, 0.2) is 5.82 Å². The molecule has 5 nitrogen and oxygen atoms in total. The van der Waals surface area contributed by atoms with E-state index >= 15 is 0 Å². The van der Waals surface area contributed by atoms with Gasteiger partial charge in [-0.1, -0.05) is 32.6 Å². The Morgan fingerprint density at radius 2 is 1.92 bits per heavy atom. The van der Waals surface area contributed by atoms with Gasteiger partial charge in [0, 0.05) is 12.0 Å². The molecule has 5 heteroatoms. The van der Waals surface area contributed by atoms with E-state index < -0.39 is 0 Å². The normalized spacial score (nSPS) is 15.0. The Morgan fingerprint density at radius 1 is 1.19 bits per heavy atom. The van der Waals surface area contributed by atoms with Crippen molar-refractivity contribution in [2.24, 2.45) is 5.92 Å². The number of hydrogen-bond donors (Lipinski definition) is 2. The molecule has 0 bridgehead atoms. The van der Waals surface area contributed by atoms with Crippen LogP contribution in [0.25, 0.3) is 11.3 Å². The van der Waals surface area contributed by atoms with Crippen molar-refractivity contribution >= 4 is 11.7 Å². The fourth-order valence-corrected chi connectivity index (χ4v) is 3.55. The lowest BCUT2D eigenvalue weighted by Crippen LogP contribution is -2.20. The summed E-state index contributed by atoms with van der Waals surface area (Å²) in [6.07, 6.45) is 10.0. The lowest BCUT2D eigenvalue weighted by Gasteiger charge is -2.21. The number of rotatable bonds is 6. The molecule has 1 amide bonds. The van der Waals surface area contributed by atoms with E-state index in [0.717, 1.165) is 42.6 Å². The average molecular weight is 353 g/mol. The number of aromatic nitrogens is 2. The van der Waals surface area contributed by atoms with Gasteiger partial charge in [-0.25, -0.2) is 9.97 Å². The molecule has 1 aromatic carbocycles. The van der Waals surface area contributed by atoms with E-state index in [0.29, 0.717) is 18.2 Å². The number of phenols is 1. The fourth-order valence-electron chi connectivity index (χ4n) is 3.55. The maximum atomic E-state index is 12.4. The smallest absolute Gasteiger partial charge is 0.225 e. The zero-order valence-corrected chi connectivity index (χ0v) is 15.4. The summed E-state index contributed by atoms with van der Waals surface area (Å²) in [6.45, 7) is 2.09. The van der Waals surface area contributed by atoms with Gasteiger partial charge in [-0.2, -0.15) is 0 Å². The number of aromatic hydroxyl groups is 1. The third-order valence-corrected chi connectivity index (χ3v) is 4.95. The van der Waals surface area contributed by atoms with Gasteiger partial charge in [-0.05, 0) is 49.4 Å².